The molecule has 0 atom stereocenters. The van der Waals surface area contributed by atoms with Crippen LogP contribution < -0.4 is 4.74 Å². The first kappa shape index (κ1) is 14.6. The molecule has 2 aliphatic rings. The fraction of sp³-hybridized carbons (Fsp3) is 0.611. The molecule has 0 amide bonds. The van der Waals surface area contributed by atoms with Gasteiger partial charge < -0.3 is 15.3 Å². The summed E-state index contributed by atoms with van der Waals surface area (Å²) in [5.74, 6) is 1.38. The van der Waals surface area contributed by atoms with E-state index in [4.69, 9.17) is 10.1 Å². The molecule has 0 heterocycles. The zero-order valence-electron chi connectivity index (χ0n) is 13.0. The van der Waals surface area contributed by atoms with Gasteiger partial charge in [-0.3, -0.25) is 0 Å². The highest BCUT2D eigenvalue weighted by Gasteiger charge is 2.44. The van der Waals surface area contributed by atoms with E-state index in [1.165, 1.54) is 5.56 Å². The predicted molar refractivity (Wildman–Crippen MR) is 84.2 cm³/mol. The highest BCUT2D eigenvalue weighted by Crippen LogP contribution is 2.47. The van der Waals surface area contributed by atoms with E-state index in [9.17, 15) is 5.11 Å². The van der Waals surface area contributed by atoms with Gasteiger partial charge in [-0.05, 0) is 55.7 Å². The quantitative estimate of drug-likeness (QED) is 0.893. The van der Waals surface area contributed by atoms with Gasteiger partial charge in [0.15, 0.2) is 0 Å². The maximum atomic E-state index is 9.73. The third-order valence-corrected chi connectivity index (χ3v) is 4.91. The second kappa shape index (κ2) is 5.45. The molecule has 1 spiro atoms. The number of rotatable bonds is 3. The summed E-state index contributed by atoms with van der Waals surface area (Å²) in [4.78, 5) is 0. The third-order valence-electron chi connectivity index (χ3n) is 4.91. The molecule has 0 aliphatic heterocycles. The van der Waals surface area contributed by atoms with Crippen molar-refractivity contribution >= 4 is 5.71 Å². The fourth-order valence-corrected chi connectivity index (χ4v) is 3.62. The Morgan fingerprint density at radius 2 is 2.05 bits per heavy atom. The van der Waals surface area contributed by atoms with Crippen molar-refractivity contribution in [2.45, 2.75) is 52.1 Å². The number of fused-ring (bicyclic) bond motifs is 1. The zero-order valence-corrected chi connectivity index (χ0v) is 13.0. The molecule has 3 rings (SSSR count). The van der Waals surface area contributed by atoms with Crippen molar-refractivity contribution in [2.24, 2.45) is 11.3 Å². The van der Waals surface area contributed by atoms with Gasteiger partial charge in [-0.2, -0.15) is 0 Å². The summed E-state index contributed by atoms with van der Waals surface area (Å²) in [5, 5.41) is 18.3. The van der Waals surface area contributed by atoms with Gasteiger partial charge in [0.05, 0.1) is 12.7 Å². The molecule has 1 aromatic rings. The Bertz CT molecular complexity index is 542. The Balaban J connectivity index is 1.80. The fourth-order valence-electron chi connectivity index (χ4n) is 3.62. The molecule has 0 bridgehead atoms. The largest absolute Gasteiger partial charge is 0.493 e. The molecular formula is C18H25NO2. The van der Waals surface area contributed by atoms with Gasteiger partial charge in [-0.25, -0.2) is 0 Å². The summed E-state index contributed by atoms with van der Waals surface area (Å²) >= 11 is 0. The molecule has 2 aliphatic carbocycles. The lowest BCUT2D eigenvalue weighted by Crippen LogP contribution is -2.34. The molecule has 1 aromatic carbocycles. The minimum Gasteiger partial charge on any atom is -0.493 e. The van der Waals surface area contributed by atoms with E-state index < -0.39 is 0 Å². The van der Waals surface area contributed by atoms with Crippen molar-refractivity contribution in [3.8, 4) is 5.75 Å². The van der Waals surface area contributed by atoms with Crippen LogP contribution in [0.3, 0.4) is 0 Å². The average molecular weight is 287 g/mol. The number of benzene rings is 1. The van der Waals surface area contributed by atoms with Gasteiger partial charge in [-0.15, -0.1) is 0 Å². The molecule has 0 aromatic heterocycles. The topological polar surface area (TPSA) is 53.3 Å². The average Bonchev–Trinajstić information content (AvgIpc) is 2.73. The van der Waals surface area contributed by atoms with Crippen LogP contribution in [0.4, 0.5) is 0 Å². The van der Waals surface area contributed by atoms with Crippen LogP contribution in [-0.2, 0) is 6.42 Å². The number of aliphatic hydroxyl groups is 1. The molecule has 2 N–H and O–H groups in total. The van der Waals surface area contributed by atoms with E-state index in [2.05, 4.69) is 19.9 Å². The first-order valence-electron chi connectivity index (χ1n) is 8.03. The molecule has 1 fully saturated rings. The van der Waals surface area contributed by atoms with Gasteiger partial charge in [0.2, 0.25) is 0 Å². The van der Waals surface area contributed by atoms with Crippen molar-refractivity contribution in [2.75, 3.05) is 6.61 Å². The zero-order chi connectivity index (χ0) is 15.0. The summed E-state index contributed by atoms with van der Waals surface area (Å²) in [6, 6.07) is 6.20. The first-order chi connectivity index (χ1) is 10.00. The van der Waals surface area contributed by atoms with E-state index in [1.54, 1.807) is 0 Å². The number of hydrogen-bond acceptors (Lipinski definition) is 3. The summed E-state index contributed by atoms with van der Waals surface area (Å²) in [6.07, 6.45) is 4.31. The third kappa shape index (κ3) is 2.71. The van der Waals surface area contributed by atoms with Gasteiger partial charge in [-0.1, -0.05) is 19.9 Å². The van der Waals surface area contributed by atoms with Gasteiger partial charge in [0.1, 0.15) is 5.75 Å². The molecular weight excluding hydrogens is 262 g/mol. The highest BCUT2D eigenvalue weighted by molar-refractivity contribution is 6.07. The Kier molecular flexibility index (Phi) is 3.78. The van der Waals surface area contributed by atoms with E-state index in [-0.39, 0.29) is 11.5 Å². The van der Waals surface area contributed by atoms with E-state index in [0.717, 1.165) is 49.1 Å². The summed E-state index contributed by atoms with van der Waals surface area (Å²) in [7, 11) is 0. The van der Waals surface area contributed by atoms with Crippen molar-refractivity contribution < 1.29 is 9.84 Å². The van der Waals surface area contributed by atoms with Crippen LogP contribution in [0.1, 0.15) is 50.7 Å². The Hall–Kier alpha value is -1.35. The lowest BCUT2D eigenvalue weighted by Gasteiger charge is -2.35. The van der Waals surface area contributed by atoms with Crippen LogP contribution in [0, 0.1) is 16.7 Å². The summed E-state index contributed by atoms with van der Waals surface area (Å²) in [5.41, 5.74) is 3.07. The predicted octanol–water partition coefficient (Wildman–Crippen LogP) is 3.57. The Morgan fingerprint density at radius 1 is 1.33 bits per heavy atom. The Labute approximate surface area is 126 Å². The Morgan fingerprint density at radius 3 is 2.71 bits per heavy atom. The first-order valence-corrected chi connectivity index (χ1v) is 8.03. The SMILES string of the molecule is CC(C)COc1ccc2c(c1)C(=N)[C@]1(CC[C@H](O)CC1)C2. The van der Waals surface area contributed by atoms with Crippen molar-refractivity contribution in [3.63, 3.8) is 0 Å². The van der Waals surface area contributed by atoms with Crippen LogP contribution in [0.5, 0.6) is 5.75 Å². The minimum atomic E-state index is -0.169. The summed E-state index contributed by atoms with van der Waals surface area (Å²) in [6.45, 7) is 4.99. The number of aliphatic hydroxyl groups excluding tert-OH is 1. The van der Waals surface area contributed by atoms with E-state index >= 15 is 0 Å². The van der Waals surface area contributed by atoms with Gasteiger partial charge in [0.25, 0.3) is 0 Å². The lowest BCUT2D eigenvalue weighted by atomic mass is 9.70. The van der Waals surface area contributed by atoms with Crippen LogP contribution in [-0.4, -0.2) is 23.5 Å². The van der Waals surface area contributed by atoms with Crippen molar-refractivity contribution in [1.29, 1.82) is 5.41 Å². The molecule has 0 saturated heterocycles. The number of hydrogen-bond donors (Lipinski definition) is 2. The minimum absolute atomic E-state index is 0.0295. The van der Waals surface area contributed by atoms with Crippen LogP contribution in [0.15, 0.2) is 18.2 Å². The van der Waals surface area contributed by atoms with Crippen LogP contribution in [0.25, 0.3) is 0 Å². The molecule has 114 valence electrons. The molecule has 21 heavy (non-hydrogen) atoms. The van der Waals surface area contributed by atoms with Crippen molar-refractivity contribution in [1.82, 2.24) is 0 Å². The summed E-state index contributed by atoms with van der Waals surface area (Å²) < 4.78 is 5.80. The van der Waals surface area contributed by atoms with Gasteiger partial charge >= 0.3 is 0 Å². The van der Waals surface area contributed by atoms with Crippen LogP contribution in [0.2, 0.25) is 0 Å². The lowest BCUT2D eigenvalue weighted by molar-refractivity contribution is 0.0931. The van der Waals surface area contributed by atoms with Gasteiger partial charge in [0, 0.05) is 16.7 Å². The molecule has 3 nitrogen and oxygen atoms in total. The van der Waals surface area contributed by atoms with E-state index in [1.807, 2.05) is 12.1 Å². The monoisotopic (exact) mass is 287 g/mol. The smallest absolute Gasteiger partial charge is 0.119 e. The van der Waals surface area contributed by atoms with E-state index in [0.29, 0.717) is 12.5 Å². The highest BCUT2D eigenvalue weighted by atomic mass is 16.5. The molecule has 0 unspecified atom stereocenters. The number of ether oxygens (including phenoxy) is 1. The second-order valence-electron chi connectivity index (χ2n) is 7.09. The maximum absolute atomic E-state index is 9.73. The second-order valence-corrected chi connectivity index (χ2v) is 7.09. The molecule has 0 radical (unpaired) electrons. The normalized spacial score (nSPS) is 28.2. The number of nitrogens with one attached hydrogen (secondary N) is 1. The van der Waals surface area contributed by atoms with Crippen LogP contribution >= 0.6 is 0 Å². The van der Waals surface area contributed by atoms with Crippen molar-refractivity contribution in [3.05, 3.63) is 29.3 Å². The standard InChI is InChI=1S/C18H25NO2/c1-12(2)11-21-15-4-3-13-10-18(17(19)16(13)9-15)7-5-14(20)6-8-18/h3-4,9,12,14,19-20H,5-8,10-11H2,1-2H3/t14-,18-. The molecule has 3 heteroatoms. The molecule has 1 saturated carbocycles. The maximum Gasteiger partial charge on any atom is 0.119 e.